The van der Waals surface area contributed by atoms with Crippen molar-refractivity contribution < 1.29 is 4.39 Å². The molecule has 1 N–H and O–H groups in total. The molecule has 0 atom stereocenters. The number of aryl methyl sites for hydroxylation is 1. The number of rotatable bonds is 4. The van der Waals surface area contributed by atoms with Gasteiger partial charge in [-0.1, -0.05) is 6.07 Å². The summed E-state index contributed by atoms with van der Waals surface area (Å²) in [6.45, 7) is 3.00. The minimum Gasteiger partial charge on any atom is -0.314 e. The fourth-order valence-electron chi connectivity index (χ4n) is 1.61. The van der Waals surface area contributed by atoms with Crippen molar-refractivity contribution in [3.05, 3.63) is 35.1 Å². The molecule has 0 bridgehead atoms. The Morgan fingerprint density at radius 1 is 1.43 bits per heavy atom. The van der Waals surface area contributed by atoms with Crippen molar-refractivity contribution >= 4 is 0 Å². The first-order valence-electron chi connectivity index (χ1n) is 5.24. The number of hydrogen-bond acceptors (Lipinski definition) is 1. The van der Waals surface area contributed by atoms with Gasteiger partial charge in [-0.3, -0.25) is 0 Å². The predicted molar refractivity (Wildman–Crippen MR) is 55.9 cm³/mol. The average molecular weight is 193 g/mol. The molecule has 1 fully saturated rings. The van der Waals surface area contributed by atoms with E-state index in [0.717, 1.165) is 24.6 Å². The number of halogens is 1. The molecule has 1 nitrogen and oxygen atoms in total. The van der Waals surface area contributed by atoms with E-state index >= 15 is 0 Å². The summed E-state index contributed by atoms with van der Waals surface area (Å²) in [4.78, 5) is 0. The Labute approximate surface area is 84.3 Å². The summed E-state index contributed by atoms with van der Waals surface area (Å²) in [5.41, 5.74) is 2.31. The van der Waals surface area contributed by atoms with E-state index in [1.165, 1.54) is 24.5 Å². The van der Waals surface area contributed by atoms with Gasteiger partial charge in [-0.15, -0.1) is 0 Å². The largest absolute Gasteiger partial charge is 0.314 e. The molecule has 0 spiro atoms. The average Bonchev–Trinajstić information content (AvgIpc) is 2.95. The van der Waals surface area contributed by atoms with Crippen LogP contribution in [0.3, 0.4) is 0 Å². The zero-order chi connectivity index (χ0) is 9.97. The van der Waals surface area contributed by atoms with Gasteiger partial charge in [-0.2, -0.15) is 0 Å². The van der Waals surface area contributed by atoms with Crippen molar-refractivity contribution in [1.82, 2.24) is 5.32 Å². The van der Waals surface area contributed by atoms with Crippen LogP contribution in [0.15, 0.2) is 18.2 Å². The maximum absolute atomic E-state index is 12.9. The summed E-state index contributed by atoms with van der Waals surface area (Å²) in [7, 11) is 0. The highest BCUT2D eigenvalue weighted by Crippen LogP contribution is 2.18. The summed E-state index contributed by atoms with van der Waals surface area (Å²) in [6, 6.07) is 5.75. The molecule has 1 aromatic rings. The lowest BCUT2D eigenvalue weighted by Gasteiger charge is -2.06. The van der Waals surface area contributed by atoms with Crippen LogP contribution in [0.4, 0.5) is 4.39 Å². The SMILES string of the molecule is Cc1ccc(F)cc1CCNC1CC1. The first-order valence-corrected chi connectivity index (χ1v) is 5.24. The Morgan fingerprint density at radius 3 is 2.93 bits per heavy atom. The van der Waals surface area contributed by atoms with E-state index < -0.39 is 0 Å². The van der Waals surface area contributed by atoms with E-state index in [0.29, 0.717) is 0 Å². The van der Waals surface area contributed by atoms with Gasteiger partial charge in [0, 0.05) is 6.04 Å². The summed E-state index contributed by atoms with van der Waals surface area (Å²) in [5.74, 6) is -0.128. The van der Waals surface area contributed by atoms with Gasteiger partial charge in [-0.25, -0.2) is 4.39 Å². The van der Waals surface area contributed by atoms with Gasteiger partial charge in [0.1, 0.15) is 5.82 Å². The Balaban J connectivity index is 1.89. The van der Waals surface area contributed by atoms with Crippen molar-refractivity contribution in [2.24, 2.45) is 0 Å². The number of benzene rings is 1. The van der Waals surface area contributed by atoms with Gasteiger partial charge in [0.25, 0.3) is 0 Å². The first-order chi connectivity index (χ1) is 6.75. The summed E-state index contributed by atoms with van der Waals surface area (Å²) in [6.07, 6.45) is 3.55. The fourth-order valence-corrected chi connectivity index (χ4v) is 1.61. The van der Waals surface area contributed by atoms with Crippen LogP contribution in [0.25, 0.3) is 0 Å². The molecular weight excluding hydrogens is 177 g/mol. The molecule has 14 heavy (non-hydrogen) atoms. The standard InChI is InChI=1S/C12H16FN/c1-9-2-3-11(13)8-10(9)6-7-14-12-4-5-12/h2-3,8,12,14H,4-7H2,1H3. The zero-order valence-corrected chi connectivity index (χ0v) is 8.52. The molecule has 0 aromatic heterocycles. The smallest absolute Gasteiger partial charge is 0.123 e. The molecule has 0 unspecified atom stereocenters. The third-order valence-corrected chi connectivity index (χ3v) is 2.72. The Bertz CT molecular complexity index is 318. The third-order valence-electron chi connectivity index (χ3n) is 2.72. The van der Waals surface area contributed by atoms with Crippen molar-refractivity contribution in [2.45, 2.75) is 32.2 Å². The predicted octanol–water partition coefficient (Wildman–Crippen LogP) is 2.43. The monoisotopic (exact) mass is 193 g/mol. The minimum absolute atomic E-state index is 0.128. The quantitative estimate of drug-likeness (QED) is 0.774. The Kier molecular flexibility index (Phi) is 2.82. The molecular formula is C12H16FN. The molecule has 0 radical (unpaired) electrons. The van der Waals surface area contributed by atoms with Gasteiger partial charge in [0.2, 0.25) is 0 Å². The lowest BCUT2D eigenvalue weighted by Crippen LogP contribution is -2.19. The maximum atomic E-state index is 12.9. The second kappa shape index (κ2) is 4.09. The summed E-state index contributed by atoms with van der Waals surface area (Å²) >= 11 is 0. The molecule has 0 aliphatic heterocycles. The van der Waals surface area contributed by atoms with Crippen LogP contribution in [0.1, 0.15) is 24.0 Å². The molecule has 1 saturated carbocycles. The Morgan fingerprint density at radius 2 is 2.21 bits per heavy atom. The first kappa shape index (κ1) is 9.66. The van der Waals surface area contributed by atoms with Crippen molar-refractivity contribution in [2.75, 3.05) is 6.54 Å². The van der Waals surface area contributed by atoms with Crippen LogP contribution in [-0.2, 0) is 6.42 Å². The van der Waals surface area contributed by atoms with Gasteiger partial charge in [-0.05, 0) is 56.0 Å². The minimum atomic E-state index is -0.128. The van der Waals surface area contributed by atoms with Crippen LogP contribution in [0, 0.1) is 12.7 Å². The van der Waals surface area contributed by atoms with Crippen LogP contribution in [-0.4, -0.2) is 12.6 Å². The van der Waals surface area contributed by atoms with Gasteiger partial charge >= 0.3 is 0 Å². The normalized spacial score (nSPS) is 15.9. The van der Waals surface area contributed by atoms with E-state index in [1.54, 1.807) is 6.07 Å². The lowest BCUT2D eigenvalue weighted by molar-refractivity contribution is 0.621. The van der Waals surface area contributed by atoms with E-state index in [-0.39, 0.29) is 5.82 Å². The molecule has 76 valence electrons. The molecule has 2 rings (SSSR count). The molecule has 0 saturated heterocycles. The number of nitrogens with one attached hydrogen (secondary N) is 1. The fraction of sp³-hybridized carbons (Fsp3) is 0.500. The van der Waals surface area contributed by atoms with Gasteiger partial charge in [0.15, 0.2) is 0 Å². The van der Waals surface area contributed by atoms with Gasteiger partial charge < -0.3 is 5.32 Å². The van der Waals surface area contributed by atoms with E-state index in [2.05, 4.69) is 5.32 Å². The second-order valence-corrected chi connectivity index (χ2v) is 4.05. The van der Waals surface area contributed by atoms with Crippen LogP contribution in [0.2, 0.25) is 0 Å². The Hall–Kier alpha value is -0.890. The number of hydrogen-bond donors (Lipinski definition) is 1. The highest BCUT2D eigenvalue weighted by atomic mass is 19.1. The topological polar surface area (TPSA) is 12.0 Å². The molecule has 0 heterocycles. The van der Waals surface area contributed by atoms with Crippen molar-refractivity contribution in [3.63, 3.8) is 0 Å². The molecule has 1 aliphatic carbocycles. The molecule has 1 aliphatic rings. The summed E-state index contributed by atoms with van der Waals surface area (Å²) in [5, 5.41) is 3.43. The van der Waals surface area contributed by atoms with Crippen LogP contribution >= 0.6 is 0 Å². The zero-order valence-electron chi connectivity index (χ0n) is 8.52. The third kappa shape index (κ3) is 2.55. The second-order valence-electron chi connectivity index (χ2n) is 4.05. The highest BCUT2D eigenvalue weighted by molar-refractivity contribution is 5.26. The van der Waals surface area contributed by atoms with Crippen molar-refractivity contribution in [1.29, 1.82) is 0 Å². The highest BCUT2D eigenvalue weighted by Gasteiger charge is 2.19. The van der Waals surface area contributed by atoms with E-state index in [4.69, 9.17) is 0 Å². The lowest BCUT2D eigenvalue weighted by atomic mass is 10.1. The molecule has 2 heteroatoms. The van der Waals surface area contributed by atoms with E-state index in [9.17, 15) is 4.39 Å². The van der Waals surface area contributed by atoms with Crippen molar-refractivity contribution in [3.8, 4) is 0 Å². The van der Waals surface area contributed by atoms with E-state index in [1.807, 2.05) is 13.0 Å². The van der Waals surface area contributed by atoms with Crippen LogP contribution < -0.4 is 5.32 Å². The molecule has 0 amide bonds. The maximum Gasteiger partial charge on any atom is 0.123 e. The molecule has 1 aromatic carbocycles. The summed E-state index contributed by atoms with van der Waals surface area (Å²) < 4.78 is 12.9. The van der Waals surface area contributed by atoms with Crippen LogP contribution in [0.5, 0.6) is 0 Å². The van der Waals surface area contributed by atoms with Gasteiger partial charge in [0.05, 0.1) is 0 Å².